The topological polar surface area (TPSA) is 65.7 Å². The number of likely N-dealkylation sites (N-methyl/N-ethyl adjacent to an activating group) is 1. The molecular formula is C23H31N5O2. The Morgan fingerprint density at radius 3 is 2.87 bits per heavy atom. The first-order valence-corrected chi connectivity index (χ1v) is 10.8. The van der Waals surface area contributed by atoms with E-state index in [1.165, 1.54) is 11.3 Å². The minimum atomic E-state index is 0.156. The fourth-order valence-electron chi connectivity index (χ4n) is 4.21. The van der Waals surface area contributed by atoms with Gasteiger partial charge in [0.15, 0.2) is 5.82 Å². The summed E-state index contributed by atoms with van der Waals surface area (Å²) in [5, 5.41) is 4.11. The number of hydrogen-bond donors (Lipinski definition) is 0. The number of anilines is 1. The van der Waals surface area contributed by atoms with Crippen molar-refractivity contribution in [1.29, 1.82) is 0 Å². The van der Waals surface area contributed by atoms with Crippen LogP contribution in [-0.2, 0) is 11.2 Å². The van der Waals surface area contributed by atoms with Gasteiger partial charge >= 0.3 is 0 Å². The lowest BCUT2D eigenvalue weighted by Crippen LogP contribution is -2.53. The fraction of sp³-hybridized carbons (Fsp3) is 0.522. The summed E-state index contributed by atoms with van der Waals surface area (Å²) in [5.41, 5.74) is 3.62. The van der Waals surface area contributed by atoms with Crippen LogP contribution in [0.1, 0.15) is 37.0 Å². The van der Waals surface area contributed by atoms with E-state index in [1.807, 2.05) is 4.90 Å². The van der Waals surface area contributed by atoms with Crippen molar-refractivity contribution >= 4 is 17.2 Å². The van der Waals surface area contributed by atoms with Crippen LogP contribution in [0.2, 0.25) is 0 Å². The summed E-state index contributed by atoms with van der Waals surface area (Å²) in [4.78, 5) is 23.9. The highest BCUT2D eigenvalue weighted by atomic mass is 16.5. The number of rotatable bonds is 5. The van der Waals surface area contributed by atoms with Crippen LogP contribution in [0.3, 0.4) is 0 Å². The number of carbonyl (C=O) groups is 1. The fourth-order valence-corrected chi connectivity index (χ4v) is 4.21. The third-order valence-corrected chi connectivity index (χ3v) is 6.03. The molecule has 0 spiro atoms. The van der Waals surface area contributed by atoms with Crippen LogP contribution < -0.4 is 4.90 Å². The molecular weight excluding hydrogens is 378 g/mol. The van der Waals surface area contributed by atoms with Gasteiger partial charge in [0.2, 0.25) is 11.8 Å². The van der Waals surface area contributed by atoms with Gasteiger partial charge in [-0.05, 0) is 50.6 Å². The summed E-state index contributed by atoms with van der Waals surface area (Å²) in [5.74, 6) is 1.37. The van der Waals surface area contributed by atoms with Crippen molar-refractivity contribution in [1.82, 2.24) is 19.9 Å². The number of piperazine rings is 1. The monoisotopic (exact) mass is 409 g/mol. The predicted octanol–water partition coefficient (Wildman–Crippen LogP) is 2.77. The van der Waals surface area contributed by atoms with Crippen LogP contribution >= 0.6 is 0 Å². The molecule has 1 saturated heterocycles. The molecule has 1 amide bonds. The Morgan fingerprint density at radius 1 is 1.27 bits per heavy atom. The van der Waals surface area contributed by atoms with E-state index in [2.05, 4.69) is 71.2 Å². The van der Waals surface area contributed by atoms with E-state index < -0.39 is 0 Å². The summed E-state index contributed by atoms with van der Waals surface area (Å²) in [6, 6.07) is 8.85. The van der Waals surface area contributed by atoms with Gasteiger partial charge in [0.05, 0.1) is 0 Å². The van der Waals surface area contributed by atoms with Crippen molar-refractivity contribution in [3.05, 3.63) is 47.6 Å². The van der Waals surface area contributed by atoms with Gasteiger partial charge in [0.25, 0.3) is 0 Å². The molecule has 2 aromatic rings. The van der Waals surface area contributed by atoms with Crippen molar-refractivity contribution in [2.75, 3.05) is 44.7 Å². The van der Waals surface area contributed by atoms with Gasteiger partial charge in [-0.3, -0.25) is 4.79 Å². The molecule has 0 aliphatic carbocycles. The van der Waals surface area contributed by atoms with E-state index in [9.17, 15) is 4.79 Å². The Balaban J connectivity index is 1.29. The molecule has 1 unspecified atom stereocenters. The Bertz CT molecular complexity index is 922. The molecule has 4 rings (SSSR count). The van der Waals surface area contributed by atoms with Gasteiger partial charge in [-0.1, -0.05) is 23.4 Å². The number of benzene rings is 1. The van der Waals surface area contributed by atoms with Crippen molar-refractivity contribution in [2.45, 2.75) is 39.2 Å². The van der Waals surface area contributed by atoms with Crippen molar-refractivity contribution in [2.24, 2.45) is 0 Å². The third-order valence-electron chi connectivity index (χ3n) is 6.03. The second-order valence-corrected chi connectivity index (χ2v) is 8.47. The SMILES string of the molecule is Cc1cccc(N2CCN(C(=O)CCc3nc(C4=CCN(C)CC4)no3)CC2C)c1. The quantitative estimate of drug-likeness (QED) is 0.757. The molecule has 7 nitrogen and oxygen atoms in total. The molecule has 1 aromatic heterocycles. The molecule has 2 aliphatic heterocycles. The molecule has 2 aliphatic rings. The van der Waals surface area contributed by atoms with Gasteiger partial charge < -0.3 is 19.2 Å². The lowest BCUT2D eigenvalue weighted by molar-refractivity contribution is -0.132. The lowest BCUT2D eigenvalue weighted by atomic mass is 10.1. The van der Waals surface area contributed by atoms with Crippen LogP contribution in [0, 0.1) is 6.92 Å². The number of carbonyl (C=O) groups excluding carboxylic acids is 1. The zero-order valence-electron chi connectivity index (χ0n) is 18.2. The zero-order chi connectivity index (χ0) is 21.1. The average molecular weight is 410 g/mol. The van der Waals surface area contributed by atoms with Crippen molar-refractivity contribution < 1.29 is 9.32 Å². The van der Waals surface area contributed by atoms with Crippen LogP contribution in [-0.4, -0.2) is 71.7 Å². The second-order valence-electron chi connectivity index (χ2n) is 8.47. The smallest absolute Gasteiger partial charge is 0.227 e. The van der Waals surface area contributed by atoms with Crippen molar-refractivity contribution in [3.8, 4) is 0 Å². The number of nitrogens with zero attached hydrogens (tertiary/aromatic N) is 5. The molecule has 0 N–H and O–H groups in total. The van der Waals surface area contributed by atoms with E-state index in [1.54, 1.807) is 0 Å². The molecule has 0 bridgehead atoms. The highest BCUT2D eigenvalue weighted by Crippen LogP contribution is 2.23. The zero-order valence-corrected chi connectivity index (χ0v) is 18.2. The van der Waals surface area contributed by atoms with E-state index in [0.717, 1.165) is 44.7 Å². The maximum absolute atomic E-state index is 12.8. The Kier molecular flexibility index (Phi) is 6.18. The van der Waals surface area contributed by atoms with E-state index in [0.29, 0.717) is 24.6 Å². The Hall–Kier alpha value is -2.67. The molecule has 30 heavy (non-hydrogen) atoms. The third kappa shape index (κ3) is 4.73. The van der Waals surface area contributed by atoms with Crippen LogP contribution in [0.5, 0.6) is 0 Å². The first-order valence-electron chi connectivity index (χ1n) is 10.8. The summed E-state index contributed by atoms with van der Waals surface area (Å²) in [6.45, 7) is 8.53. The van der Waals surface area contributed by atoms with Gasteiger partial charge in [0, 0.05) is 57.3 Å². The second kappa shape index (κ2) is 9.00. The van der Waals surface area contributed by atoms with Gasteiger partial charge in [-0.2, -0.15) is 4.98 Å². The van der Waals surface area contributed by atoms with E-state index in [-0.39, 0.29) is 11.9 Å². The number of aromatic nitrogens is 2. The molecule has 1 atom stereocenters. The van der Waals surface area contributed by atoms with Gasteiger partial charge in [0.1, 0.15) is 0 Å². The molecule has 1 fully saturated rings. The molecule has 7 heteroatoms. The van der Waals surface area contributed by atoms with Gasteiger partial charge in [-0.25, -0.2) is 0 Å². The first-order chi connectivity index (χ1) is 14.5. The normalized spacial score (nSPS) is 20.4. The standard InChI is InChI=1S/C23H31N5O2/c1-17-5-4-6-20(15-17)28-14-13-27(16-18(28)2)22(29)8-7-21-24-23(25-30-21)19-9-11-26(3)12-10-19/h4-6,9,15,18H,7-8,10-14,16H2,1-3H3. The summed E-state index contributed by atoms with van der Waals surface area (Å²) in [6.07, 6.45) is 3.97. The Morgan fingerprint density at radius 2 is 2.13 bits per heavy atom. The average Bonchev–Trinajstić information content (AvgIpc) is 3.21. The molecule has 1 aromatic carbocycles. The molecule has 3 heterocycles. The molecule has 160 valence electrons. The van der Waals surface area contributed by atoms with E-state index in [4.69, 9.17) is 4.52 Å². The largest absolute Gasteiger partial charge is 0.365 e. The maximum Gasteiger partial charge on any atom is 0.227 e. The number of aryl methyl sites for hydroxylation is 2. The first kappa shape index (κ1) is 20.6. The minimum absolute atomic E-state index is 0.156. The summed E-state index contributed by atoms with van der Waals surface area (Å²) in [7, 11) is 2.10. The van der Waals surface area contributed by atoms with Crippen molar-refractivity contribution in [3.63, 3.8) is 0 Å². The van der Waals surface area contributed by atoms with E-state index >= 15 is 0 Å². The highest BCUT2D eigenvalue weighted by Gasteiger charge is 2.27. The maximum atomic E-state index is 12.8. The summed E-state index contributed by atoms with van der Waals surface area (Å²) < 4.78 is 5.40. The van der Waals surface area contributed by atoms with Crippen LogP contribution in [0.25, 0.3) is 5.57 Å². The predicted molar refractivity (Wildman–Crippen MR) is 117 cm³/mol. The molecule has 0 saturated carbocycles. The number of amides is 1. The van der Waals surface area contributed by atoms with Gasteiger partial charge in [-0.15, -0.1) is 0 Å². The van der Waals surface area contributed by atoms with Crippen LogP contribution in [0.15, 0.2) is 34.9 Å². The summed E-state index contributed by atoms with van der Waals surface area (Å²) >= 11 is 0. The Labute approximate surface area is 178 Å². The highest BCUT2D eigenvalue weighted by molar-refractivity contribution is 5.76. The molecule has 0 radical (unpaired) electrons. The minimum Gasteiger partial charge on any atom is -0.365 e. The van der Waals surface area contributed by atoms with Crippen LogP contribution in [0.4, 0.5) is 5.69 Å². The number of hydrogen-bond acceptors (Lipinski definition) is 6. The lowest BCUT2D eigenvalue weighted by Gasteiger charge is -2.41.